The van der Waals surface area contributed by atoms with E-state index in [-0.39, 0.29) is 6.10 Å². The SMILES string of the molecule is NC1CCC(Oc2nccnc2C2CCOCC2)CC1. The van der Waals surface area contributed by atoms with Crippen molar-refractivity contribution < 1.29 is 9.47 Å². The van der Waals surface area contributed by atoms with Crippen LogP contribution < -0.4 is 10.5 Å². The first-order valence-corrected chi connectivity index (χ1v) is 7.64. The molecule has 0 atom stereocenters. The minimum absolute atomic E-state index is 0.241. The van der Waals surface area contributed by atoms with Gasteiger partial charge in [-0.2, -0.15) is 0 Å². The predicted molar refractivity (Wildman–Crippen MR) is 75.7 cm³/mol. The van der Waals surface area contributed by atoms with Gasteiger partial charge in [-0.3, -0.25) is 4.98 Å². The molecule has 110 valence electrons. The van der Waals surface area contributed by atoms with Crippen LogP contribution in [0.4, 0.5) is 0 Å². The number of hydrogen-bond acceptors (Lipinski definition) is 5. The fourth-order valence-corrected chi connectivity index (χ4v) is 3.04. The fraction of sp³-hybridized carbons (Fsp3) is 0.733. The number of rotatable bonds is 3. The van der Waals surface area contributed by atoms with Crippen molar-refractivity contribution in [3.05, 3.63) is 18.1 Å². The van der Waals surface area contributed by atoms with Crippen LogP contribution in [-0.2, 0) is 4.74 Å². The van der Waals surface area contributed by atoms with Crippen molar-refractivity contribution in [2.45, 2.75) is 56.6 Å². The summed E-state index contributed by atoms with van der Waals surface area (Å²) in [6, 6.07) is 0.340. The van der Waals surface area contributed by atoms with E-state index in [4.69, 9.17) is 15.2 Å². The van der Waals surface area contributed by atoms with Crippen LogP contribution in [0.15, 0.2) is 12.4 Å². The van der Waals surface area contributed by atoms with E-state index < -0.39 is 0 Å². The van der Waals surface area contributed by atoms with Crippen LogP contribution in [-0.4, -0.2) is 35.3 Å². The zero-order valence-electron chi connectivity index (χ0n) is 11.8. The second kappa shape index (κ2) is 6.50. The summed E-state index contributed by atoms with van der Waals surface area (Å²) in [5.74, 6) is 1.14. The second-order valence-corrected chi connectivity index (χ2v) is 5.79. The average Bonchev–Trinajstić information content (AvgIpc) is 2.51. The molecule has 2 N–H and O–H groups in total. The Morgan fingerprint density at radius 1 is 1.00 bits per heavy atom. The van der Waals surface area contributed by atoms with Gasteiger partial charge in [-0.25, -0.2) is 4.98 Å². The van der Waals surface area contributed by atoms with Crippen LogP contribution in [0.1, 0.15) is 50.1 Å². The second-order valence-electron chi connectivity index (χ2n) is 5.79. The molecule has 0 unspecified atom stereocenters. The molecule has 0 amide bonds. The van der Waals surface area contributed by atoms with Gasteiger partial charge in [-0.15, -0.1) is 0 Å². The van der Waals surface area contributed by atoms with E-state index in [1.165, 1.54) is 0 Å². The van der Waals surface area contributed by atoms with E-state index in [2.05, 4.69) is 9.97 Å². The van der Waals surface area contributed by atoms with Gasteiger partial charge in [0.25, 0.3) is 0 Å². The molecule has 1 saturated carbocycles. The third-order valence-electron chi connectivity index (χ3n) is 4.30. The van der Waals surface area contributed by atoms with E-state index in [9.17, 15) is 0 Å². The first kappa shape index (κ1) is 13.8. The summed E-state index contributed by atoms with van der Waals surface area (Å²) >= 11 is 0. The highest BCUT2D eigenvalue weighted by atomic mass is 16.5. The summed E-state index contributed by atoms with van der Waals surface area (Å²) in [5, 5.41) is 0. The summed E-state index contributed by atoms with van der Waals surface area (Å²) in [6.07, 6.45) is 9.84. The molecule has 1 aliphatic carbocycles. The summed E-state index contributed by atoms with van der Waals surface area (Å²) in [4.78, 5) is 8.93. The highest BCUT2D eigenvalue weighted by molar-refractivity contribution is 5.22. The Hall–Kier alpha value is -1.20. The molecule has 0 spiro atoms. The van der Waals surface area contributed by atoms with Crippen LogP contribution in [0.25, 0.3) is 0 Å². The molecule has 5 nitrogen and oxygen atoms in total. The van der Waals surface area contributed by atoms with Crippen LogP contribution in [0.5, 0.6) is 5.88 Å². The van der Waals surface area contributed by atoms with Gasteiger partial charge in [0.05, 0.1) is 0 Å². The van der Waals surface area contributed by atoms with Crippen LogP contribution in [0.3, 0.4) is 0 Å². The van der Waals surface area contributed by atoms with E-state index >= 15 is 0 Å². The van der Waals surface area contributed by atoms with Gasteiger partial charge in [0.15, 0.2) is 0 Å². The number of nitrogens with zero attached hydrogens (tertiary/aromatic N) is 2. The Morgan fingerprint density at radius 2 is 1.70 bits per heavy atom. The summed E-state index contributed by atoms with van der Waals surface area (Å²) in [6.45, 7) is 1.61. The molecule has 1 aromatic rings. The lowest BCUT2D eigenvalue weighted by molar-refractivity contribution is 0.0817. The fourth-order valence-electron chi connectivity index (χ4n) is 3.04. The van der Waals surface area contributed by atoms with Gasteiger partial charge in [-0.1, -0.05) is 0 Å². The van der Waals surface area contributed by atoms with Crippen molar-refractivity contribution in [2.75, 3.05) is 13.2 Å². The smallest absolute Gasteiger partial charge is 0.236 e. The van der Waals surface area contributed by atoms with Gasteiger partial charge in [0.2, 0.25) is 5.88 Å². The standard InChI is InChI=1S/C15H23N3O2/c16-12-1-3-13(4-2-12)20-15-14(17-7-8-18-15)11-5-9-19-10-6-11/h7-8,11-13H,1-6,9-10,16H2. The van der Waals surface area contributed by atoms with Crippen molar-refractivity contribution in [1.82, 2.24) is 9.97 Å². The zero-order chi connectivity index (χ0) is 13.8. The molecule has 1 aromatic heterocycles. The topological polar surface area (TPSA) is 70.3 Å². The normalized spacial score (nSPS) is 28.2. The highest BCUT2D eigenvalue weighted by Gasteiger charge is 2.25. The molecule has 0 aromatic carbocycles. The van der Waals surface area contributed by atoms with Crippen LogP contribution in [0, 0.1) is 0 Å². The molecule has 2 fully saturated rings. The Balaban J connectivity index is 1.69. The molecule has 0 bridgehead atoms. The molecule has 5 heteroatoms. The monoisotopic (exact) mass is 277 g/mol. The maximum absolute atomic E-state index is 6.12. The quantitative estimate of drug-likeness (QED) is 0.915. The largest absolute Gasteiger partial charge is 0.473 e. The number of ether oxygens (including phenoxy) is 2. The van der Waals surface area contributed by atoms with Gasteiger partial charge < -0.3 is 15.2 Å². The molecule has 3 rings (SSSR count). The van der Waals surface area contributed by atoms with E-state index in [1.54, 1.807) is 12.4 Å². The third-order valence-corrected chi connectivity index (χ3v) is 4.30. The van der Waals surface area contributed by atoms with Crippen LogP contribution in [0.2, 0.25) is 0 Å². The molecule has 2 heterocycles. The van der Waals surface area contributed by atoms with E-state index in [0.29, 0.717) is 12.0 Å². The maximum Gasteiger partial charge on any atom is 0.236 e. The average molecular weight is 277 g/mol. The predicted octanol–water partition coefficient (Wildman–Crippen LogP) is 2.02. The lowest BCUT2D eigenvalue weighted by atomic mass is 9.93. The molecule has 2 aliphatic rings. The van der Waals surface area contributed by atoms with Crippen molar-refractivity contribution in [1.29, 1.82) is 0 Å². The molecule has 20 heavy (non-hydrogen) atoms. The zero-order valence-corrected chi connectivity index (χ0v) is 11.8. The van der Waals surface area contributed by atoms with Crippen molar-refractivity contribution in [3.63, 3.8) is 0 Å². The lowest BCUT2D eigenvalue weighted by Gasteiger charge is -2.28. The summed E-state index contributed by atoms with van der Waals surface area (Å²) < 4.78 is 11.5. The molecular formula is C15H23N3O2. The summed E-state index contributed by atoms with van der Waals surface area (Å²) in [7, 11) is 0. The molecule has 0 radical (unpaired) electrons. The summed E-state index contributed by atoms with van der Waals surface area (Å²) in [5.41, 5.74) is 6.94. The maximum atomic E-state index is 6.12. The van der Waals surface area contributed by atoms with Gasteiger partial charge >= 0.3 is 0 Å². The molecule has 1 saturated heterocycles. The van der Waals surface area contributed by atoms with Gasteiger partial charge in [-0.05, 0) is 38.5 Å². The Bertz CT molecular complexity index is 427. The van der Waals surface area contributed by atoms with Crippen molar-refractivity contribution in [2.24, 2.45) is 5.73 Å². The Kier molecular flexibility index (Phi) is 4.47. The number of hydrogen-bond donors (Lipinski definition) is 1. The first-order valence-electron chi connectivity index (χ1n) is 7.64. The number of nitrogens with two attached hydrogens (primary N) is 1. The lowest BCUT2D eigenvalue weighted by Crippen LogP contribution is -2.32. The van der Waals surface area contributed by atoms with E-state index in [0.717, 1.165) is 63.3 Å². The van der Waals surface area contributed by atoms with E-state index in [1.807, 2.05) is 0 Å². The van der Waals surface area contributed by atoms with Crippen molar-refractivity contribution in [3.8, 4) is 5.88 Å². The third kappa shape index (κ3) is 3.27. The van der Waals surface area contributed by atoms with Gasteiger partial charge in [0, 0.05) is 37.6 Å². The molecular weight excluding hydrogens is 254 g/mol. The molecule has 1 aliphatic heterocycles. The minimum Gasteiger partial charge on any atom is -0.473 e. The van der Waals surface area contributed by atoms with Crippen LogP contribution >= 0.6 is 0 Å². The highest BCUT2D eigenvalue weighted by Crippen LogP contribution is 2.32. The first-order chi connectivity index (χ1) is 9.83. The van der Waals surface area contributed by atoms with Gasteiger partial charge in [0.1, 0.15) is 11.8 Å². The Morgan fingerprint density at radius 3 is 2.45 bits per heavy atom. The number of aromatic nitrogens is 2. The Labute approximate surface area is 119 Å². The van der Waals surface area contributed by atoms with Crippen molar-refractivity contribution >= 4 is 0 Å². The minimum atomic E-state index is 0.241.